The fraction of sp³-hybridized carbons (Fsp3) is 0.500. The molecule has 3 N–H and O–H groups in total. The summed E-state index contributed by atoms with van der Waals surface area (Å²) in [7, 11) is 0. The summed E-state index contributed by atoms with van der Waals surface area (Å²) < 4.78 is 0. The van der Waals surface area contributed by atoms with Gasteiger partial charge >= 0.3 is 0 Å². The Bertz CT molecular complexity index is 550. The van der Waals surface area contributed by atoms with E-state index in [1.807, 2.05) is 23.1 Å². The fourth-order valence-corrected chi connectivity index (χ4v) is 3.39. The number of carbonyl (C=O) groups excluding carboxylic acids is 2. The van der Waals surface area contributed by atoms with Gasteiger partial charge in [0.25, 0.3) is 5.91 Å². The Labute approximate surface area is 124 Å². The molecule has 21 heavy (non-hydrogen) atoms. The van der Waals surface area contributed by atoms with Crippen molar-refractivity contribution in [3.8, 4) is 0 Å². The van der Waals surface area contributed by atoms with Crippen LogP contribution in [0.2, 0.25) is 0 Å². The van der Waals surface area contributed by atoms with Crippen LogP contribution in [-0.2, 0) is 16.0 Å². The standard InChI is InChI=1S/C16H21N3O2/c17-16(21)13-5-8-18(9-6-13)11-15(20)19-10-7-12-3-1-2-4-14(12)19/h1-4,13H,5-11H2,(H2,17,21)/p+1. The van der Waals surface area contributed by atoms with Gasteiger partial charge in [0.15, 0.2) is 6.54 Å². The molecule has 0 atom stereocenters. The highest BCUT2D eigenvalue weighted by Gasteiger charge is 2.30. The quantitative estimate of drug-likeness (QED) is 0.776. The van der Waals surface area contributed by atoms with Crippen molar-refractivity contribution in [3.63, 3.8) is 0 Å². The zero-order valence-electron chi connectivity index (χ0n) is 12.2. The highest BCUT2D eigenvalue weighted by molar-refractivity contribution is 5.96. The van der Waals surface area contributed by atoms with E-state index >= 15 is 0 Å². The van der Waals surface area contributed by atoms with E-state index in [2.05, 4.69) is 6.07 Å². The number of para-hydroxylation sites is 1. The predicted octanol–water partition coefficient (Wildman–Crippen LogP) is -0.644. The number of hydrogen-bond donors (Lipinski definition) is 2. The summed E-state index contributed by atoms with van der Waals surface area (Å²) in [4.78, 5) is 26.8. The molecule has 5 heteroatoms. The summed E-state index contributed by atoms with van der Waals surface area (Å²) in [5.74, 6) is -0.0160. The van der Waals surface area contributed by atoms with Crippen molar-refractivity contribution in [2.75, 3.05) is 31.1 Å². The maximum absolute atomic E-state index is 12.5. The second-order valence-electron chi connectivity index (χ2n) is 6.03. The number of anilines is 1. The molecule has 1 fully saturated rings. The van der Waals surface area contributed by atoms with Gasteiger partial charge in [0, 0.05) is 31.0 Å². The second-order valence-corrected chi connectivity index (χ2v) is 6.03. The number of benzene rings is 1. The Morgan fingerprint density at radius 2 is 1.95 bits per heavy atom. The van der Waals surface area contributed by atoms with Crippen molar-refractivity contribution in [2.24, 2.45) is 11.7 Å². The normalized spacial score (nSPS) is 24.7. The molecule has 0 aromatic heterocycles. The van der Waals surface area contributed by atoms with Gasteiger partial charge < -0.3 is 15.5 Å². The van der Waals surface area contributed by atoms with Crippen molar-refractivity contribution in [3.05, 3.63) is 29.8 Å². The Morgan fingerprint density at radius 3 is 2.67 bits per heavy atom. The topological polar surface area (TPSA) is 67.8 Å². The molecule has 3 rings (SSSR count). The monoisotopic (exact) mass is 288 g/mol. The van der Waals surface area contributed by atoms with Gasteiger partial charge in [-0.05, 0) is 18.1 Å². The number of piperidine rings is 1. The zero-order valence-corrected chi connectivity index (χ0v) is 12.2. The smallest absolute Gasteiger partial charge is 0.282 e. The lowest BCUT2D eigenvalue weighted by Gasteiger charge is -2.28. The second kappa shape index (κ2) is 5.85. The molecule has 1 aromatic carbocycles. The summed E-state index contributed by atoms with van der Waals surface area (Å²) in [6, 6.07) is 8.12. The molecule has 0 unspecified atom stereocenters. The first kappa shape index (κ1) is 14.1. The molecule has 0 spiro atoms. The SMILES string of the molecule is NC(=O)C1CC[NH+](CC(=O)N2CCc3ccccc32)CC1. The molecular formula is C16H22N3O2+. The molecule has 112 valence electrons. The third-order valence-electron chi connectivity index (χ3n) is 4.68. The lowest BCUT2D eigenvalue weighted by atomic mass is 9.96. The highest BCUT2D eigenvalue weighted by atomic mass is 16.2. The zero-order chi connectivity index (χ0) is 14.8. The molecule has 2 aliphatic heterocycles. The number of nitrogens with two attached hydrogens (primary N) is 1. The molecule has 0 saturated carbocycles. The summed E-state index contributed by atoms with van der Waals surface area (Å²) in [5, 5.41) is 0. The number of carbonyl (C=O) groups is 2. The van der Waals surface area contributed by atoms with Crippen LogP contribution in [-0.4, -0.2) is 38.0 Å². The van der Waals surface area contributed by atoms with Crippen molar-refractivity contribution in [1.82, 2.24) is 0 Å². The van der Waals surface area contributed by atoms with Crippen LogP contribution < -0.4 is 15.5 Å². The van der Waals surface area contributed by atoms with Crippen molar-refractivity contribution in [2.45, 2.75) is 19.3 Å². The fourth-order valence-electron chi connectivity index (χ4n) is 3.39. The van der Waals surface area contributed by atoms with Gasteiger partial charge in [-0.15, -0.1) is 0 Å². The number of fused-ring (bicyclic) bond motifs is 1. The van der Waals surface area contributed by atoms with Crippen molar-refractivity contribution >= 4 is 17.5 Å². The lowest BCUT2D eigenvalue weighted by Crippen LogP contribution is -3.14. The summed E-state index contributed by atoms with van der Waals surface area (Å²) in [5.41, 5.74) is 7.66. The number of nitrogens with one attached hydrogen (secondary N) is 1. The first-order valence-electron chi connectivity index (χ1n) is 7.66. The first-order chi connectivity index (χ1) is 10.1. The predicted molar refractivity (Wildman–Crippen MR) is 80.0 cm³/mol. The minimum Gasteiger partial charge on any atom is -0.369 e. The molecular weight excluding hydrogens is 266 g/mol. The number of hydrogen-bond acceptors (Lipinski definition) is 2. The van der Waals surface area contributed by atoms with Crippen molar-refractivity contribution < 1.29 is 14.5 Å². The van der Waals surface area contributed by atoms with Gasteiger partial charge in [0.2, 0.25) is 5.91 Å². The van der Waals surface area contributed by atoms with Crippen LogP contribution >= 0.6 is 0 Å². The maximum Gasteiger partial charge on any atom is 0.282 e. The van der Waals surface area contributed by atoms with Crippen LogP contribution in [0.4, 0.5) is 5.69 Å². The van der Waals surface area contributed by atoms with Gasteiger partial charge in [0.05, 0.1) is 13.1 Å². The van der Waals surface area contributed by atoms with Crippen LogP contribution in [0.15, 0.2) is 24.3 Å². The molecule has 2 amide bonds. The largest absolute Gasteiger partial charge is 0.369 e. The van der Waals surface area contributed by atoms with Crippen LogP contribution in [0.3, 0.4) is 0 Å². The van der Waals surface area contributed by atoms with Gasteiger partial charge in [-0.3, -0.25) is 9.59 Å². The maximum atomic E-state index is 12.5. The molecule has 0 aliphatic carbocycles. The van der Waals surface area contributed by atoms with E-state index in [1.54, 1.807) is 0 Å². The third-order valence-corrected chi connectivity index (χ3v) is 4.68. The lowest BCUT2D eigenvalue weighted by molar-refractivity contribution is -0.897. The minimum atomic E-state index is -0.200. The van der Waals surface area contributed by atoms with Gasteiger partial charge in [-0.25, -0.2) is 0 Å². The molecule has 2 aliphatic rings. The third kappa shape index (κ3) is 2.93. The van der Waals surface area contributed by atoms with Crippen LogP contribution in [0, 0.1) is 5.92 Å². The number of primary amides is 1. The number of nitrogens with zero attached hydrogens (tertiary/aromatic N) is 1. The van der Waals surface area contributed by atoms with Gasteiger partial charge in [-0.2, -0.15) is 0 Å². The minimum absolute atomic E-state index is 0.00337. The number of likely N-dealkylation sites (tertiary alicyclic amines) is 1. The Morgan fingerprint density at radius 1 is 1.24 bits per heavy atom. The number of quaternary nitrogens is 1. The van der Waals surface area contributed by atoms with E-state index in [1.165, 1.54) is 10.5 Å². The van der Waals surface area contributed by atoms with E-state index < -0.39 is 0 Å². The Hall–Kier alpha value is -1.88. The average molecular weight is 288 g/mol. The first-order valence-corrected chi connectivity index (χ1v) is 7.66. The Kier molecular flexibility index (Phi) is 3.92. The summed E-state index contributed by atoms with van der Waals surface area (Å²) in [6.07, 6.45) is 2.55. The van der Waals surface area contributed by atoms with E-state index in [-0.39, 0.29) is 17.7 Å². The highest BCUT2D eigenvalue weighted by Crippen LogP contribution is 2.27. The van der Waals surface area contributed by atoms with E-state index in [0.29, 0.717) is 6.54 Å². The molecule has 5 nitrogen and oxygen atoms in total. The van der Waals surface area contributed by atoms with Gasteiger partial charge in [-0.1, -0.05) is 18.2 Å². The number of amides is 2. The molecule has 1 aromatic rings. The molecule has 0 bridgehead atoms. The molecule has 0 radical (unpaired) electrons. The molecule has 1 saturated heterocycles. The van der Waals surface area contributed by atoms with E-state index in [9.17, 15) is 9.59 Å². The van der Waals surface area contributed by atoms with Crippen LogP contribution in [0.25, 0.3) is 0 Å². The van der Waals surface area contributed by atoms with E-state index in [0.717, 1.165) is 44.6 Å². The van der Waals surface area contributed by atoms with Gasteiger partial charge in [0.1, 0.15) is 0 Å². The van der Waals surface area contributed by atoms with E-state index in [4.69, 9.17) is 5.73 Å². The van der Waals surface area contributed by atoms with Crippen LogP contribution in [0.1, 0.15) is 18.4 Å². The summed E-state index contributed by atoms with van der Waals surface area (Å²) >= 11 is 0. The summed E-state index contributed by atoms with van der Waals surface area (Å²) in [6.45, 7) is 3.01. The Balaban J connectivity index is 1.57. The van der Waals surface area contributed by atoms with Crippen LogP contribution in [0.5, 0.6) is 0 Å². The van der Waals surface area contributed by atoms with Crippen molar-refractivity contribution in [1.29, 1.82) is 0 Å². The average Bonchev–Trinajstić information content (AvgIpc) is 2.92. The molecule has 2 heterocycles. The number of rotatable bonds is 3.